The van der Waals surface area contributed by atoms with Crippen LogP contribution in [0.25, 0.3) is 11.3 Å². The Morgan fingerprint density at radius 2 is 1.85 bits per heavy atom. The van der Waals surface area contributed by atoms with Gasteiger partial charge in [-0.1, -0.05) is 72.8 Å². The van der Waals surface area contributed by atoms with Crippen molar-refractivity contribution in [3.8, 4) is 11.3 Å². The summed E-state index contributed by atoms with van der Waals surface area (Å²) in [6.45, 7) is 1.30. The van der Waals surface area contributed by atoms with E-state index < -0.39 is 23.2 Å². The number of hydroxylamine groups is 1. The van der Waals surface area contributed by atoms with E-state index in [4.69, 9.17) is 4.84 Å². The maximum atomic E-state index is 15.5. The van der Waals surface area contributed by atoms with Crippen LogP contribution in [0.5, 0.6) is 0 Å². The van der Waals surface area contributed by atoms with Crippen molar-refractivity contribution in [1.82, 2.24) is 25.1 Å². The summed E-state index contributed by atoms with van der Waals surface area (Å²) in [6, 6.07) is 18.5. The lowest BCUT2D eigenvalue weighted by atomic mass is 9.91. The van der Waals surface area contributed by atoms with Crippen LogP contribution in [0.3, 0.4) is 0 Å². The first-order valence-corrected chi connectivity index (χ1v) is 13.0. The number of carbonyl (C=O) groups excluding carboxylic acids is 2. The lowest BCUT2D eigenvalue weighted by molar-refractivity contribution is -0.154. The van der Waals surface area contributed by atoms with Crippen LogP contribution in [-0.2, 0) is 26.5 Å². The number of rotatable bonds is 9. The largest absolute Gasteiger partial charge is 0.343 e. The van der Waals surface area contributed by atoms with Gasteiger partial charge in [-0.25, -0.2) is 14.6 Å². The van der Waals surface area contributed by atoms with Gasteiger partial charge in [-0.2, -0.15) is 5.10 Å². The highest BCUT2D eigenvalue weighted by atomic mass is 19.1. The van der Waals surface area contributed by atoms with Crippen LogP contribution < -0.4 is 5.48 Å². The van der Waals surface area contributed by atoms with E-state index in [2.05, 4.69) is 28.6 Å². The van der Waals surface area contributed by atoms with Gasteiger partial charge in [0.25, 0.3) is 5.78 Å². The molecule has 1 fully saturated rings. The molecule has 2 aromatic carbocycles. The molecule has 39 heavy (non-hydrogen) atoms. The van der Waals surface area contributed by atoms with Gasteiger partial charge in [0.15, 0.2) is 5.82 Å². The number of nitrogens with one attached hydrogen (secondary N) is 1. The molecule has 1 unspecified atom stereocenters. The molecular formula is C30H32FN5O3. The minimum Gasteiger partial charge on any atom is -0.343 e. The van der Waals surface area contributed by atoms with Crippen LogP contribution in [0.1, 0.15) is 18.4 Å². The maximum absolute atomic E-state index is 15.5. The van der Waals surface area contributed by atoms with Gasteiger partial charge in [0.05, 0.1) is 13.3 Å². The molecule has 0 aliphatic carbocycles. The third-order valence-corrected chi connectivity index (χ3v) is 7.45. The fourth-order valence-corrected chi connectivity index (χ4v) is 5.53. The van der Waals surface area contributed by atoms with E-state index in [9.17, 15) is 9.59 Å². The summed E-state index contributed by atoms with van der Waals surface area (Å²) in [5.41, 5.74) is 2.93. The molecule has 0 saturated carbocycles. The Balaban J connectivity index is 1.71. The molecule has 0 spiro atoms. The van der Waals surface area contributed by atoms with Gasteiger partial charge < -0.3 is 4.90 Å². The van der Waals surface area contributed by atoms with Gasteiger partial charge in [-0.05, 0) is 37.6 Å². The smallest absolute Gasteiger partial charge is 0.315 e. The standard InChI is InChI=1S/C30H32FN5O3/c1-34-17-10-16-26(34)24-15-9-18-35(20-24)30(28(37)29(38)33-39-2,19-22-11-5-3-6-12-22)36-21-25(31)27(32-36)23-13-7-4-8-14-23/h3-9,11-15,20-21,26H,10,16-19H2,1-2H3,(H,33,38)/t26?,30-/m1/s1. The fraction of sp³-hybridized carbons (Fsp3) is 0.300. The lowest BCUT2D eigenvalue weighted by Crippen LogP contribution is -2.60. The van der Waals surface area contributed by atoms with Crippen molar-refractivity contribution in [2.75, 3.05) is 27.2 Å². The summed E-state index contributed by atoms with van der Waals surface area (Å²) in [4.78, 5) is 36.3. The van der Waals surface area contributed by atoms with Gasteiger partial charge in [0.1, 0.15) is 5.69 Å². The summed E-state index contributed by atoms with van der Waals surface area (Å²) in [7, 11) is 3.34. The maximum Gasteiger partial charge on any atom is 0.315 e. The zero-order chi connectivity index (χ0) is 27.4. The molecule has 8 nitrogen and oxygen atoms in total. The summed E-state index contributed by atoms with van der Waals surface area (Å²) >= 11 is 0. The fourth-order valence-electron chi connectivity index (χ4n) is 5.53. The highest BCUT2D eigenvalue weighted by Crippen LogP contribution is 2.35. The van der Waals surface area contributed by atoms with Gasteiger partial charge in [0.2, 0.25) is 5.66 Å². The van der Waals surface area contributed by atoms with Crippen molar-refractivity contribution in [1.29, 1.82) is 0 Å². The number of likely N-dealkylation sites (N-methyl/N-ethyl adjacent to an activating group) is 1. The molecule has 1 amide bonds. The number of hydrogen-bond acceptors (Lipinski definition) is 6. The van der Waals surface area contributed by atoms with Crippen molar-refractivity contribution < 1.29 is 18.8 Å². The second kappa shape index (κ2) is 11.3. The molecule has 3 aromatic rings. The molecule has 9 heteroatoms. The van der Waals surface area contributed by atoms with Crippen molar-refractivity contribution in [2.45, 2.75) is 31.0 Å². The molecule has 2 atom stereocenters. The molecule has 202 valence electrons. The van der Waals surface area contributed by atoms with Crippen LogP contribution in [0.4, 0.5) is 4.39 Å². The normalized spacial score (nSPS) is 19.0. The Morgan fingerprint density at radius 1 is 1.13 bits per heavy atom. The van der Waals surface area contributed by atoms with E-state index in [0.717, 1.165) is 30.5 Å². The van der Waals surface area contributed by atoms with Gasteiger partial charge in [-0.15, -0.1) is 0 Å². The van der Waals surface area contributed by atoms with Crippen LogP contribution in [0, 0.1) is 5.82 Å². The second-order valence-electron chi connectivity index (χ2n) is 9.90. The number of likely N-dealkylation sites (tertiary alicyclic amines) is 1. The Hall–Kier alpha value is -4.08. The van der Waals surface area contributed by atoms with Crippen LogP contribution in [0.15, 0.2) is 90.8 Å². The zero-order valence-electron chi connectivity index (χ0n) is 22.1. The lowest BCUT2D eigenvalue weighted by Gasteiger charge is -2.43. The van der Waals surface area contributed by atoms with E-state index >= 15 is 4.39 Å². The SMILES string of the molecule is CONC(=O)C(=O)[C@](Cc1ccccc1)(N1C=C(C2CCCN2C)C=CC1)n1cc(F)c(-c2ccccc2)n1. The Kier molecular flexibility index (Phi) is 7.72. The predicted molar refractivity (Wildman–Crippen MR) is 145 cm³/mol. The number of hydrogen-bond donors (Lipinski definition) is 1. The number of amides is 1. The number of benzene rings is 2. The van der Waals surface area contributed by atoms with Gasteiger partial charge in [-0.3, -0.25) is 19.3 Å². The van der Waals surface area contributed by atoms with E-state index in [1.165, 1.54) is 18.0 Å². The number of halogens is 1. The number of Topliss-reactive ketones (excluding diaryl/α,β-unsaturated/α-hetero) is 1. The first-order valence-electron chi connectivity index (χ1n) is 13.0. The summed E-state index contributed by atoms with van der Waals surface area (Å²) in [5, 5.41) is 4.62. The van der Waals surface area contributed by atoms with Crippen molar-refractivity contribution in [2.24, 2.45) is 0 Å². The van der Waals surface area contributed by atoms with Crippen LogP contribution in [0.2, 0.25) is 0 Å². The molecule has 0 radical (unpaired) electrons. The first kappa shape index (κ1) is 26.5. The van der Waals surface area contributed by atoms with E-state index in [0.29, 0.717) is 12.1 Å². The Bertz CT molecular complexity index is 1390. The predicted octanol–water partition coefficient (Wildman–Crippen LogP) is 3.68. The third-order valence-electron chi connectivity index (χ3n) is 7.45. The monoisotopic (exact) mass is 529 g/mol. The highest BCUT2D eigenvalue weighted by molar-refractivity contribution is 6.38. The summed E-state index contributed by atoms with van der Waals surface area (Å²) < 4.78 is 16.9. The highest BCUT2D eigenvalue weighted by Gasteiger charge is 2.50. The molecule has 5 rings (SSSR count). The number of carbonyl (C=O) groups is 2. The minimum absolute atomic E-state index is 0.0667. The summed E-state index contributed by atoms with van der Waals surface area (Å²) in [6.07, 6.45) is 9.29. The van der Waals surface area contributed by atoms with Crippen molar-refractivity contribution in [3.63, 3.8) is 0 Å². The molecule has 1 aromatic heterocycles. The Labute approximate surface area is 227 Å². The van der Waals surface area contributed by atoms with Crippen molar-refractivity contribution in [3.05, 3.63) is 102 Å². The number of ketones is 1. The minimum atomic E-state index is -1.72. The van der Waals surface area contributed by atoms with Gasteiger partial charge in [0, 0.05) is 30.8 Å². The Morgan fingerprint density at radius 3 is 2.51 bits per heavy atom. The van der Waals surface area contributed by atoms with Gasteiger partial charge >= 0.3 is 5.91 Å². The molecule has 2 aliphatic heterocycles. The van der Waals surface area contributed by atoms with E-state index in [1.54, 1.807) is 29.2 Å². The molecule has 2 aliphatic rings. The second-order valence-corrected chi connectivity index (χ2v) is 9.90. The average molecular weight is 530 g/mol. The first-order chi connectivity index (χ1) is 18.9. The molecule has 1 saturated heterocycles. The summed E-state index contributed by atoms with van der Waals surface area (Å²) in [5.74, 6) is -2.36. The van der Waals surface area contributed by atoms with Crippen LogP contribution in [-0.4, -0.2) is 64.6 Å². The van der Waals surface area contributed by atoms with E-state index in [-0.39, 0.29) is 18.2 Å². The molecule has 3 heterocycles. The van der Waals surface area contributed by atoms with Crippen LogP contribution >= 0.6 is 0 Å². The molecule has 1 N–H and O–H groups in total. The number of aromatic nitrogens is 2. The molecule has 0 bridgehead atoms. The molecular weight excluding hydrogens is 497 g/mol. The zero-order valence-corrected chi connectivity index (χ0v) is 22.1. The third kappa shape index (κ3) is 5.15. The number of nitrogens with zero attached hydrogens (tertiary/aromatic N) is 4. The topological polar surface area (TPSA) is 79.7 Å². The van der Waals surface area contributed by atoms with E-state index in [1.807, 2.05) is 48.7 Å². The quantitative estimate of drug-likeness (QED) is 0.337. The van der Waals surface area contributed by atoms with Crippen molar-refractivity contribution >= 4 is 11.7 Å². The average Bonchev–Trinajstić information content (AvgIpc) is 3.58.